The number of nitrogens with one attached hydrogen (secondary N) is 1. The molecule has 1 N–H and O–H groups in total. The van der Waals surface area contributed by atoms with Crippen LogP contribution < -0.4 is 5.32 Å². The lowest BCUT2D eigenvalue weighted by Crippen LogP contribution is -2.22. The molecule has 19 heavy (non-hydrogen) atoms. The zero-order chi connectivity index (χ0) is 14.0. The second kappa shape index (κ2) is 5.11. The van der Waals surface area contributed by atoms with Crippen LogP contribution in [0.5, 0.6) is 0 Å². The summed E-state index contributed by atoms with van der Waals surface area (Å²) in [6, 6.07) is 0. The Labute approximate surface area is 109 Å². The second-order valence-corrected chi connectivity index (χ2v) is 4.78. The van der Waals surface area contributed by atoms with Crippen LogP contribution in [0, 0.1) is 0 Å². The highest BCUT2D eigenvalue weighted by molar-refractivity contribution is 7.16. The average Bonchev–Trinajstić information content (AvgIpc) is 2.83. The molecule has 0 aliphatic carbocycles. The first-order valence-electron chi connectivity index (χ1n) is 5.47. The fraction of sp³-hybridized carbons (Fsp3) is 0.556. The number of carbonyl (C=O) groups excluding carboxylic acids is 1. The van der Waals surface area contributed by atoms with Crippen molar-refractivity contribution in [2.45, 2.75) is 32.5 Å². The fourth-order valence-electron chi connectivity index (χ4n) is 1.39. The highest BCUT2D eigenvalue weighted by Crippen LogP contribution is 2.28. The van der Waals surface area contributed by atoms with Crippen molar-refractivity contribution >= 4 is 22.2 Å². The molecular weight excluding hydrogens is 283 g/mol. The number of carbonyl (C=O) groups is 1. The summed E-state index contributed by atoms with van der Waals surface area (Å²) in [5.41, 5.74) is 0. The van der Waals surface area contributed by atoms with Gasteiger partial charge in [-0.05, 0) is 6.42 Å². The summed E-state index contributed by atoms with van der Waals surface area (Å²) < 4.78 is 38.3. The lowest BCUT2D eigenvalue weighted by Gasteiger charge is -2.01. The van der Waals surface area contributed by atoms with Crippen molar-refractivity contribution in [3.63, 3.8) is 0 Å². The molecule has 10 heteroatoms. The van der Waals surface area contributed by atoms with E-state index in [1.807, 2.05) is 6.92 Å². The maximum atomic E-state index is 12.5. The quantitative estimate of drug-likeness (QED) is 0.929. The number of hydrogen-bond donors (Lipinski definition) is 1. The SMILES string of the molecule is CCCC(=O)NCc1nn2c(C(F)(F)F)nnc2s1. The van der Waals surface area contributed by atoms with Crippen LogP contribution in [0.1, 0.15) is 30.6 Å². The van der Waals surface area contributed by atoms with Gasteiger partial charge in [-0.2, -0.15) is 22.8 Å². The second-order valence-electron chi connectivity index (χ2n) is 3.74. The molecule has 0 saturated carbocycles. The molecule has 1 amide bonds. The van der Waals surface area contributed by atoms with Crippen LogP contribution in [0.15, 0.2) is 0 Å². The third-order valence-electron chi connectivity index (χ3n) is 2.20. The molecule has 0 radical (unpaired) electrons. The highest BCUT2D eigenvalue weighted by atomic mass is 32.1. The first-order chi connectivity index (χ1) is 8.91. The third kappa shape index (κ3) is 3.00. The summed E-state index contributed by atoms with van der Waals surface area (Å²) in [5.74, 6) is -1.32. The number of fused-ring (bicyclic) bond motifs is 1. The van der Waals surface area contributed by atoms with E-state index in [-0.39, 0.29) is 17.4 Å². The maximum absolute atomic E-state index is 12.5. The van der Waals surface area contributed by atoms with Crippen molar-refractivity contribution in [2.75, 3.05) is 0 Å². The first-order valence-corrected chi connectivity index (χ1v) is 6.28. The van der Waals surface area contributed by atoms with E-state index in [0.29, 0.717) is 22.4 Å². The normalized spacial score (nSPS) is 12.0. The van der Waals surface area contributed by atoms with Crippen molar-refractivity contribution in [3.8, 4) is 0 Å². The van der Waals surface area contributed by atoms with E-state index >= 15 is 0 Å². The van der Waals surface area contributed by atoms with Crippen LogP contribution in [0.4, 0.5) is 13.2 Å². The van der Waals surface area contributed by atoms with Crippen molar-refractivity contribution < 1.29 is 18.0 Å². The zero-order valence-electron chi connectivity index (χ0n) is 9.86. The Kier molecular flexibility index (Phi) is 3.69. The van der Waals surface area contributed by atoms with Gasteiger partial charge in [0.1, 0.15) is 5.01 Å². The molecule has 0 atom stereocenters. The van der Waals surface area contributed by atoms with Crippen LogP contribution in [0.25, 0.3) is 4.96 Å². The van der Waals surface area contributed by atoms with E-state index < -0.39 is 12.0 Å². The minimum Gasteiger partial charge on any atom is -0.350 e. The minimum atomic E-state index is -4.60. The van der Waals surface area contributed by atoms with Crippen LogP contribution >= 0.6 is 11.3 Å². The molecule has 6 nitrogen and oxygen atoms in total. The van der Waals surface area contributed by atoms with Gasteiger partial charge in [-0.15, -0.1) is 10.2 Å². The molecule has 2 aromatic rings. The molecule has 0 aliphatic heterocycles. The van der Waals surface area contributed by atoms with Gasteiger partial charge in [0.05, 0.1) is 6.54 Å². The Hall–Kier alpha value is -1.71. The molecule has 0 fully saturated rings. The monoisotopic (exact) mass is 293 g/mol. The van der Waals surface area contributed by atoms with Crippen molar-refractivity contribution in [1.82, 2.24) is 25.1 Å². The van der Waals surface area contributed by atoms with Crippen LogP contribution in [-0.4, -0.2) is 25.7 Å². The van der Waals surface area contributed by atoms with Gasteiger partial charge >= 0.3 is 6.18 Å². The molecule has 0 saturated heterocycles. The van der Waals surface area contributed by atoms with Gasteiger partial charge in [-0.3, -0.25) is 4.79 Å². The van der Waals surface area contributed by atoms with E-state index in [2.05, 4.69) is 20.6 Å². The Morgan fingerprint density at radius 2 is 2.16 bits per heavy atom. The number of rotatable bonds is 4. The molecule has 2 heterocycles. The fourth-order valence-corrected chi connectivity index (χ4v) is 2.17. The standard InChI is InChI=1S/C9H10F3N5OS/c1-2-3-5(18)13-4-6-16-17-7(9(10,11)12)14-15-8(17)19-6/h2-4H2,1H3,(H,13,18). The summed E-state index contributed by atoms with van der Waals surface area (Å²) in [7, 11) is 0. The Bertz CT molecular complexity index is 590. The highest BCUT2D eigenvalue weighted by Gasteiger charge is 2.38. The van der Waals surface area contributed by atoms with E-state index in [9.17, 15) is 18.0 Å². The summed E-state index contributed by atoms with van der Waals surface area (Å²) in [5, 5.41) is 13.1. The van der Waals surface area contributed by atoms with E-state index in [4.69, 9.17) is 0 Å². The smallest absolute Gasteiger partial charge is 0.350 e. The van der Waals surface area contributed by atoms with Gasteiger partial charge in [0.2, 0.25) is 10.9 Å². The van der Waals surface area contributed by atoms with Crippen LogP contribution in [0.2, 0.25) is 0 Å². The first kappa shape index (κ1) is 13.7. The molecule has 0 bridgehead atoms. The number of aromatic nitrogens is 4. The lowest BCUT2D eigenvalue weighted by molar-refractivity contribution is -0.146. The molecule has 2 aromatic heterocycles. The van der Waals surface area contributed by atoms with E-state index in [1.54, 1.807) is 0 Å². The van der Waals surface area contributed by atoms with Crippen molar-refractivity contribution in [2.24, 2.45) is 0 Å². The molecular formula is C9H10F3N5OS. The van der Waals surface area contributed by atoms with Gasteiger partial charge in [-0.25, -0.2) is 0 Å². The number of amides is 1. The predicted molar refractivity (Wildman–Crippen MR) is 60.4 cm³/mol. The molecule has 0 aromatic carbocycles. The van der Waals surface area contributed by atoms with Gasteiger partial charge in [0, 0.05) is 6.42 Å². The van der Waals surface area contributed by atoms with Crippen LogP contribution in [0.3, 0.4) is 0 Å². The topological polar surface area (TPSA) is 72.2 Å². The number of nitrogens with zero attached hydrogens (tertiary/aromatic N) is 4. The zero-order valence-corrected chi connectivity index (χ0v) is 10.7. The summed E-state index contributed by atoms with van der Waals surface area (Å²) in [4.78, 5) is 11.3. The summed E-state index contributed by atoms with van der Waals surface area (Å²) in [6.07, 6.45) is -3.52. The summed E-state index contributed by atoms with van der Waals surface area (Å²) >= 11 is 0.958. The Balaban J connectivity index is 2.14. The largest absolute Gasteiger partial charge is 0.453 e. The predicted octanol–water partition coefficient (Wildman–Crippen LogP) is 1.62. The van der Waals surface area contributed by atoms with E-state index in [0.717, 1.165) is 11.3 Å². The van der Waals surface area contributed by atoms with Crippen LogP contribution in [-0.2, 0) is 17.5 Å². The van der Waals surface area contributed by atoms with Gasteiger partial charge in [0.15, 0.2) is 0 Å². The number of halogens is 3. The van der Waals surface area contributed by atoms with Gasteiger partial charge < -0.3 is 5.32 Å². The maximum Gasteiger partial charge on any atom is 0.453 e. The third-order valence-corrected chi connectivity index (χ3v) is 3.10. The van der Waals surface area contributed by atoms with Gasteiger partial charge in [-0.1, -0.05) is 18.3 Å². The molecule has 0 aliphatic rings. The Morgan fingerprint density at radius 3 is 2.79 bits per heavy atom. The van der Waals surface area contributed by atoms with E-state index in [1.165, 1.54) is 0 Å². The molecule has 0 spiro atoms. The average molecular weight is 293 g/mol. The van der Waals surface area contributed by atoms with Crippen molar-refractivity contribution in [1.29, 1.82) is 0 Å². The molecule has 2 rings (SSSR count). The Morgan fingerprint density at radius 1 is 1.42 bits per heavy atom. The number of hydrogen-bond acceptors (Lipinski definition) is 5. The van der Waals surface area contributed by atoms with Gasteiger partial charge in [0.25, 0.3) is 5.82 Å². The summed E-state index contributed by atoms with van der Waals surface area (Å²) in [6.45, 7) is 1.95. The minimum absolute atomic E-state index is 0.0482. The van der Waals surface area contributed by atoms with Crippen molar-refractivity contribution in [3.05, 3.63) is 10.8 Å². The molecule has 104 valence electrons. The molecule has 0 unspecified atom stereocenters. The lowest BCUT2D eigenvalue weighted by atomic mass is 10.3. The number of alkyl halides is 3.